The Hall–Kier alpha value is -2.78. The number of rotatable bonds is 10. The molecule has 1 unspecified atom stereocenters. The van der Waals surface area contributed by atoms with Gasteiger partial charge in [0.05, 0.1) is 10.4 Å². The van der Waals surface area contributed by atoms with Crippen molar-refractivity contribution >= 4 is 34.7 Å². The van der Waals surface area contributed by atoms with Crippen molar-refractivity contribution in [3.8, 4) is 0 Å². The van der Waals surface area contributed by atoms with E-state index in [1.807, 2.05) is 0 Å². The van der Waals surface area contributed by atoms with Crippen LogP contribution in [-0.2, 0) is 14.4 Å². The average molecular weight is 419 g/mol. The molecule has 0 spiro atoms. The molecule has 2 rings (SSSR count). The van der Waals surface area contributed by atoms with Crippen molar-refractivity contribution in [3.05, 3.63) is 46.4 Å². The number of carbonyl (C=O) groups is 3. The summed E-state index contributed by atoms with van der Waals surface area (Å²) in [4.78, 5) is 39.6. The fourth-order valence-electron chi connectivity index (χ4n) is 2.76. The summed E-state index contributed by atoms with van der Waals surface area (Å²) in [7, 11) is 0. The van der Waals surface area contributed by atoms with Crippen LogP contribution in [0.5, 0.6) is 0 Å². The predicted molar refractivity (Wildman–Crippen MR) is 111 cm³/mol. The number of nitrogens with zero attached hydrogens (tertiary/aromatic N) is 1. The van der Waals surface area contributed by atoms with Gasteiger partial charge in [-0.2, -0.15) is 0 Å². The second-order valence-electron chi connectivity index (χ2n) is 6.65. The molecular formula is C20H26N4O4S. The van der Waals surface area contributed by atoms with Crippen LogP contribution in [0.2, 0.25) is 0 Å². The third-order valence-electron chi connectivity index (χ3n) is 4.20. The first-order valence-electron chi connectivity index (χ1n) is 9.35. The Balaban J connectivity index is 1.91. The zero-order chi connectivity index (χ0) is 21.2. The fraction of sp³-hybridized carbons (Fsp3) is 0.400. The molecule has 9 heteroatoms. The number of anilines is 1. The van der Waals surface area contributed by atoms with Crippen LogP contribution < -0.4 is 16.0 Å². The molecule has 0 aliphatic carbocycles. The molecule has 0 saturated carbocycles. The number of amides is 3. The number of aliphatic hydroxyl groups is 1. The van der Waals surface area contributed by atoms with E-state index >= 15 is 0 Å². The van der Waals surface area contributed by atoms with Gasteiger partial charge in [0.25, 0.3) is 0 Å². The van der Waals surface area contributed by atoms with Crippen LogP contribution >= 0.6 is 11.3 Å². The summed E-state index contributed by atoms with van der Waals surface area (Å²) in [5.41, 5.74) is 2.93. The maximum absolute atomic E-state index is 12.6. The van der Waals surface area contributed by atoms with Gasteiger partial charge in [-0.25, -0.2) is 0 Å². The Labute approximate surface area is 173 Å². The number of carbonyl (C=O) groups excluding carboxylic acids is 3. The molecule has 0 radical (unpaired) electrons. The van der Waals surface area contributed by atoms with E-state index in [1.54, 1.807) is 36.0 Å². The Morgan fingerprint density at radius 2 is 1.83 bits per heavy atom. The van der Waals surface area contributed by atoms with Gasteiger partial charge < -0.3 is 21.1 Å². The highest BCUT2D eigenvalue weighted by Gasteiger charge is 2.19. The van der Waals surface area contributed by atoms with Gasteiger partial charge in [-0.3, -0.25) is 19.4 Å². The number of hydrogen-bond donors (Lipinski definition) is 4. The van der Waals surface area contributed by atoms with Gasteiger partial charge in [0.2, 0.25) is 17.7 Å². The number of thiazole rings is 1. The number of unbranched alkanes of at least 4 members (excludes halogenated alkanes) is 1. The Kier molecular flexibility index (Phi) is 8.75. The van der Waals surface area contributed by atoms with E-state index in [0.717, 1.165) is 4.88 Å². The van der Waals surface area contributed by atoms with Crippen molar-refractivity contribution in [3.63, 3.8) is 0 Å². The topological polar surface area (TPSA) is 120 Å². The van der Waals surface area contributed by atoms with Crippen LogP contribution in [0.25, 0.3) is 0 Å². The van der Waals surface area contributed by atoms with Gasteiger partial charge in [-0.05, 0) is 37.0 Å². The maximum Gasteiger partial charge on any atom is 0.246 e. The molecular weight excluding hydrogens is 392 g/mol. The van der Waals surface area contributed by atoms with E-state index in [0.29, 0.717) is 37.1 Å². The zero-order valence-corrected chi connectivity index (χ0v) is 17.3. The monoisotopic (exact) mass is 418 g/mol. The van der Waals surface area contributed by atoms with Crippen molar-refractivity contribution in [1.29, 1.82) is 0 Å². The zero-order valence-electron chi connectivity index (χ0n) is 16.5. The highest BCUT2D eigenvalue weighted by molar-refractivity contribution is 7.09. The summed E-state index contributed by atoms with van der Waals surface area (Å²) in [6.07, 6.45) is 2.72. The van der Waals surface area contributed by atoms with Crippen molar-refractivity contribution < 1.29 is 19.5 Å². The molecule has 0 saturated heterocycles. The fourth-order valence-corrected chi connectivity index (χ4v) is 3.39. The molecule has 0 aliphatic heterocycles. The van der Waals surface area contributed by atoms with Crippen molar-refractivity contribution in [1.82, 2.24) is 15.6 Å². The number of benzene rings is 1. The molecule has 0 aliphatic rings. The van der Waals surface area contributed by atoms with E-state index in [9.17, 15) is 19.5 Å². The normalized spacial score (nSPS) is 12.7. The Morgan fingerprint density at radius 1 is 1.10 bits per heavy atom. The van der Waals surface area contributed by atoms with Gasteiger partial charge in [0.1, 0.15) is 12.1 Å². The molecule has 1 aromatic carbocycles. The summed E-state index contributed by atoms with van der Waals surface area (Å²) < 4.78 is 0. The Bertz CT molecular complexity index is 808. The average Bonchev–Trinajstić information content (AvgIpc) is 3.21. The lowest BCUT2D eigenvalue weighted by molar-refractivity contribution is -0.125. The summed E-state index contributed by atoms with van der Waals surface area (Å²) in [5.74, 6) is -0.685. The molecule has 29 heavy (non-hydrogen) atoms. The number of hydrogen-bond acceptors (Lipinski definition) is 6. The molecule has 1 heterocycles. The van der Waals surface area contributed by atoms with Crippen LogP contribution in [0.1, 0.15) is 49.7 Å². The molecule has 3 amide bonds. The largest absolute Gasteiger partial charge is 0.383 e. The molecule has 0 fully saturated rings. The van der Waals surface area contributed by atoms with Crippen LogP contribution in [0, 0.1) is 0 Å². The number of aliphatic hydroxyl groups excluding tert-OH is 1. The van der Waals surface area contributed by atoms with E-state index < -0.39 is 12.1 Å². The van der Waals surface area contributed by atoms with Crippen molar-refractivity contribution in [2.24, 2.45) is 0 Å². The standard InChI is InChI=1S/C20H26N4O4S/c1-13(25)22-10-4-3-5-17(23-14(2)26)20(28)24-16-8-6-15(7-9-16)19(27)18-11-21-12-29-18/h6-9,11-12,17,19,27H,3-5,10H2,1-2H3,(H,22,25)(H,23,26)(H,24,28)/t17-,19?/m0/s1. The van der Waals surface area contributed by atoms with E-state index in [1.165, 1.54) is 25.2 Å². The SMILES string of the molecule is CC(=O)NCCCC[C@H](NC(C)=O)C(=O)Nc1ccc(C(O)c2cncs2)cc1. The maximum atomic E-state index is 12.6. The van der Waals surface area contributed by atoms with E-state index in [2.05, 4.69) is 20.9 Å². The molecule has 1 aromatic heterocycles. The second kappa shape index (κ2) is 11.3. The van der Waals surface area contributed by atoms with Gasteiger partial charge in [0, 0.05) is 32.3 Å². The minimum Gasteiger partial charge on any atom is -0.383 e. The summed E-state index contributed by atoms with van der Waals surface area (Å²) >= 11 is 1.37. The predicted octanol–water partition coefficient (Wildman–Crippen LogP) is 1.97. The molecule has 156 valence electrons. The lowest BCUT2D eigenvalue weighted by atomic mass is 10.1. The minimum atomic E-state index is -0.761. The highest BCUT2D eigenvalue weighted by Crippen LogP contribution is 2.25. The number of aromatic nitrogens is 1. The third-order valence-corrected chi connectivity index (χ3v) is 5.03. The molecule has 4 N–H and O–H groups in total. The summed E-state index contributed by atoms with van der Waals surface area (Å²) in [6, 6.07) is 6.23. The second-order valence-corrected chi connectivity index (χ2v) is 7.57. The van der Waals surface area contributed by atoms with Crippen LogP contribution in [0.3, 0.4) is 0 Å². The summed E-state index contributed by atoms with van der Waals surface area (Å²) in [6.45, 7) is 3.36. The van der Waals surface area contributed by atoms with Crippen LogP contribution in [0.15, 0.2) is 36.0 Å². The van der Waals surface area contributed by atoms with Crippen LogP contribution in [-0.4, -0.2) is 40.4 Å². The van der Waals surface area contributed by atoms with Gasteiger partial charge in [-0.15, -0.1) is 11.3 Å². The first-order chi connectivity index (χ1) is 13.9. The summed E-state index contributed by atoms with van der Waals surface area (Å²) in [5, 5.41) is 18.5. The third kappa shape index (κ3) is 7.63. The molecule has 2 atom stereocenters. The highest BCUT2D eigenvalue weighted by atomic mass is 32.1. The molecule has 0 bridgehead atoms. The lowest BCUT2D eigenvalue weighted by Gasteiger charge is -2.18. The van der Waals surface area contributed by atoms with Gasteiger partial charge in [-0.1, -0.05) is 12.1 Å². The van der Waals surface area contributed by atoms with Gasteiger partial charge >= 0.3 is 0 Å². The van der Waals surface area contributed by atoms with Crippen molar-refractivity contribution in [2.75, 3.05) is 11.9 Å². The lowest BCUT2D eigenvalue weighted by Crippen LogP contribution is -2.42. The van der Waals surface area contributed by atoms with Crippen LogP contribution in [0.4, 0.5) is 5.69 Å². The first-order valence-corrected chi connectivity index (χ1v) is 10.2. The molecule has 8 nitrogen and oxygen atoms in total. The van der Waals surface area contributed by atoms with E-state index in [-0.39, 0.29) is 17.7 Å². The van der Waals surface area contributed by atoms with E-state index in [4.69, 9.17) is 0 Å². The van der Waals surface area contributed by atoms with Gasteiger partial charge in [0.15, 0.2) is 0 Å². The Morgan fingerprint density at radius 3 is 2.41 bits per heavy atom. The smallest absolute Gasteiger partial charge is 0.246 e. The number of nitrogens with one attached hydrogen (secondary N) is 3. The molecule has 2 aromatic rings. The quantitative estimate of drug-likeness (QED) is 0.440. The van der Waals surface area contributed by atoms with Crippen molar-refractivity contribution in [2.45, 2.75) is 45.3 Å². The first kappa shape index (κ1) is 22.5. The minimum absolute atomic E-state index is 0.0925.